The van der Waals surface area contributed by atoms with Gasteiger partial charge in [-0.3, -0.25) is 4.79 Å². The maximum absolute atomic E-state index is 10.7. The molecule has 0 saturated heterocycles. The lowest BCUT2D eigenvalue weighted by Crippen LogP contribution is -2.23. The molecule has 5 nitrogen and oxygen atoms in total. The van der Waals surface area contributed by atoms with E-state index in [2.05, 4.69) is 4.98 Å². The standard InChI is InChI=1S/C10H13ClN2O3S/c1-5(14)17-4-7(15)10(16)9-6(12)2-3-8(11)13-9/h2-3,7,10,15-16H,4,12H2,1H3. The Morgan fingerprint density at radius 1 is 1.59 bits per heavy atom. The Labute approximate surface area is 108 Å². The molecule has 1 aromatic rings. The predicted molar refractivity (Wildman–Crippen MR) is 67.8 cm³/mol. The van der Waals surface area contributed by atoms with Crippen molar-refractivity contribution in [2.45, 2.75) is 19.1 Å². The van der Waals surface area contributed by atoms with Gasteiger partial charge >= 0.3 is 0 Å². The smallest absolute Gasteiger partial charge is 0.185 e. The van der Waals surface area contributed by atoms with Gasteiger partial charge in [-0.2, -0.15) is 0 Å². The van der Waals surface area contributed by atoms with Crippen LogP contribution in [0.25, 0.3) is 0 Å². The molecule has 0 amide bonds. The second-order valence-corrected chi connectivity index (χ2v) is 5.01. The fourth-order valence-corrected chi connectivity index (χ4v) is 1.92. The van der Waals surface area contributed by atoms with Crippen LogP contribution in [0.5, 0.6) is 0 Å². The van der Waals surface area contributed by atoms with Crippen LogP contribution in [-0.2, 0) is 4.79 Å². The van der Waals surface area contributed by atoms with Crippen LogP contribution >= 0.6 is 23.4 Å². The molecule has 1 heterocycles. The van der Waals surface area contributed by atoms with Crippen molar-refractivity contribution in [3.8, 4) is 0 Å². The average molecular weight is 277 g/mol. The van der Waals surface area contributed by atoms with E-state index in [0.29, 0.717) is 0 Å². The summed E-state index contributed by atoms with van der Waals surface area (Å²) in [5.74, 6) is 0.0735. The topological polar surface area (TPSA) is 96.4 Å². The third-order valence-corrected chi connectivity index (χ3v) is 3.15. The third-order valence-electron chi connectivity index (χ3n) is 2.03. The highest BCUT2D eigenvalue weighted by Crippen LogP contribution is 2.24. The Bertz CT molecular complexity index is 417. The number of hydrogen-bond donors (Lipinski definition) is 3. The Morgan fingerprint density at radius 3 is 2.82 bits per heavy atom. The Kier molecular flexibility index (Phi) is 5.20. The maximum Gasteiger partial charge on any atom is 0.185 e. The number of carbonyl (C=O) groups is 1. The van der Waals surface area contributed by atoms with Gasteiger partial charge in [0.25, 0.3) is 0 Å². The number of aromatic nitrogens is 1. The number of anilines is 1. The lowest BCUT2D eigenvalue weighted by molar-refractivity contribution is -0.109. The number of thioether (sulfide) groups is 1. The summed E-state index contributed by atoms with van der Waals surface area (Å²) in [6.07, 6.45) is -2.39. The quantitative estimate of drug-likeness (QED) is 0.710. The van der Waals surface area contributed by atoms with Gasteiger partial charge in [0.05, 0.1) is 17.5 Å². The summed E-state index contributed by atoms with van der Waals surface area (Å²) in [5.41, 5.74) is 5.98. The number of aliphatic hydroxyl groups is 2. The number of aliphatic hydroxyl groups excluding tert-OH is 2. The minimum absolute atomic E-state index is 0.0735. The zero-order valence-electron chi connectivity index (χ0n) is 9.13. The third kappa shape index (κ3) is 4.16. The van der Waals surface area contributed by atoms with Crippen LogP contribution in [0, 0.1) is 0 Å². The van der Waals surface area contributed by atoms with Crippen LogP contribution in [0.4, 0.5) is 5.69 Å². The molecule has 94 valence electrons. The van der Waals surface area contributed by atoms with Crippen molar-refractivity contribution >= 4 is 34.2 Å². The molecule has 17 heavy (non-hydrogen) atoms. The van der Waals surface area contributed by atoms with E-state index < -0.39 is 12.2 Å². The number of carbonyl (C=O) groups excluding carboxylic acids is 1. The van der Waals surface area contributed by atoms with Crippen LogP contribution in [0.1, 0.15) is 18.7 Å². The number of hydrogen-bond acceptors (Lipinski definition) is 6. The van der Waals surface area contributed by atoms with Gasteiger partial charge in [0.1, 0.15) is 11.3 Å². The summed E-state index contributed by atoms with van der Waals surface area (Å²) >= 11 is 6.60. The van der Waals surface area contributed by atoms with E-state index in [-0.39, 0.29) is 27.4 Å². The number of rotatable bonds is 4. The zero-order valence-corrected chi connectivity index (χ0v) is 10.7. The van der Waals surface area contributed by atoms with Crippen molar-refractivity contribution in [2.75, 3.05) is 11.5 Å². The summed E-state index contributed by atoms with van der Waals surface area (Å²) in [6, 6.07) is 2.99. The lowest BCUT2D eigenvalue weighted by Gasteiger charge is -2.18. The van der Waals surface area contributed by atoms with E-state index >= 15 is 0 Å². The lowest BCUT2D eigenvalue weighted by atomic mass is 10.1. The van der Waals surface area contributed by atoms with E-state index in [0.717, 1.165) is 11.8 Å². The molecule has 0 aliphatic rings. The minimum Gasteiger partial charge on any atom is -0.397 e. The van der Waals surface area contributed by atoms with Gasteiger partial charge < -0.3 is 15.9 Å². The molecule has 2 unspecified atom stereocenters. The first-order valence-electron chi connectivity index (χ1n) is 4.83. The van der Waals surface area contributed by atoms with Crippen molar-refractivity contribution in [3.63, 3.8) is 0 Å². The Balaban J connectivity index is 2.77. The van der Waals surface area contributed by atoms with E-state index in [1.165, 1.54) is 19.1 Å². The molecule has 0 fully saturated rings. The largest absolute Gasteiger partial charge is 0.397 e. The second-order valence-electron chi connectivity index (χ2n) is 3.42. The summed E-state index contributed by atoms with van der Waals surface area (Å²) in [7, 11) is 0. The van der Waals surface area contributed by atoms with Crippen LogP contribution in [-0.4, -0.2) is 32.2 Å². The molecule has 0 saturated carbocycles. The Morgan fingerprint density at radius 2 is 2.24 bits per heavy atom. The van der Waals surface area contributed by atoms with Gasteiger partial charge in [0.2, 0.25) is 0 Å². The molecule has 7 heteroatoms. The molecule has 0 aromatic carbocycles. The van der Waals surface area contributed by atoms with Crippen LogP contribution in [0.2, 0.25) is 5.15 Å². The molecule has 0 aliphatic heterocycles. The molecule has 4 N–H and O–H groups in total. The first-order valence-corrected chi connectivity index (χ1v) is 6.19. The Hall–Kier alpha value is -0.820. The second kappa shape index (κ2) is 6.20. The number of nitrogen functional groups attached to an aromatic ring is 1. The molecule has 2 atom stereocenters. The van der Waals surface area contributed by atoms with E-state index in [1.54, 1.807) is 0 Å². The van der Waals surface area contributed by atoms with E-state index in [1.807, 2.05) is 0 Å². The number of nitrogens with zero attached hydrogens (tertiary/aromatic N) is 1. The molecular formula is C10H13ClN2O3S. The first kappa shape index (κ1) is 14.2. The van der Waals surface area contributed by atoms with Gasteiger partial charge in [-0.25, -0.2) is 4.98 Å². The summed E-state index contributed by atoms with van der Waals surface area (Å²) in [6.45, 7) is 1.38. The van der Waals surface area contributed by atoms with Crippen molar-refractivity contribution in [2.24, 2.45) is 0 Å². The van der Waals surface area contributed by atoms with Gasteiger partial charge in [-0.05, 0) is 12.1 Å². The summed E-state index contributed by atoms with van der Waals surface area (Å²) < 4.78 is 0. The highest BCUT2D eigenvalue weighted by atomic mass is 35.5. The van der Waals surface area contributed by atoms with Gasteiger partial charge in [-0.1, -0.05) is 23.4 Å². The summed E-state index contributed by atoms with van der Waals surface area (Å²) in [4.78, 5) is 14.6. The van der Waals surface area contributed by atoms with Gasteiger partial charge in [0.15, 0.2) is 5.12 Å². The van der Waals surface area contributed by atoms with Crippen LogP contribution in [0.15, 0.2) is 12.1 Å². The molecule has 0 radical (unpaired) electrons. The molecule has 1 aromatic heterocycles. The van der Waals surface area contributed by atoms with E-state index in [4.69, 9.17) is 17.3 Å². The van der Waals surface area contributed by atoms with E-state index in [9.17, 15) is 15.0 Å². The molecule has 0 aliphatic carbocycles. The fourth-order valence-electron chi connectivity index (χ4n) is 1.17. The van der Waals surface area contributed by atoms with Crippen LogP contribution in [0.3, 0.4) is 0 Å². The summed E-state index contributed by atoms with van der Waals surface area (Å²) in [5, 5.41) is 19.5. The van der Waals surface area contributed by atoms with Crippen molar-refractivity contribution in [1.82, 2.24) is 4.98 Å². The number of nitrogens with two attached hydrogens (primary N) is 1. The van der Waals surface area contributed by atoms with Crippen molar-refractivity contribution < 1.29 is 15.0 Å². The zero-order chi connectivity index (χ0) is 13.0. The monoisotopic (exact) mass is 276 g/mol. The fraction of sp³-hybridized carbons (Fsp3) is 0.400. The van der Waals surface area contributed by atoms with Crippen molar-refractivity contribution in [1.29, 1.82) is 0 Å². The van der Waals surface area contributed by atoms with Gasteiger partial charge in [-0.15, -0.1) is 0 Å². The molecule has 0 bridgehead atoms. The normalized spacial score (nSPS) is 14.4. The minimum atomic E-state index is -1.26. The van der Waals surface area contributed by atoms with Crippen LogP contribution < -0.4 is 5.73 Å². The molecule has 0 spiro atoms. The predicted octanol–water partition coefficient (Wildman–Crippen LogP) is 0.991. The molecular weight excluding hydrogens is 264 g/mol. The number of halogens is 1. The van der Waals surface area contributed by atoms with Crippen molar-refractivity contribution in [3.05, 3.63) is 23.0 Å². The number of pyridine rings is 1. The highest BCUT2D eigenvalue weighted by Gasteiger charge is 2.22. The van der Waals surface area contributed by atoms with Gasteiger partial charge in [0, 0.05) is 12.7 Å². The SMILES string of the molecule is CC(=O)SCC(O)C(O)c1nc(Cl)ccc1N. The average Bonchev–Trinajstić information content (AvgIpc) is 2.28. The maximum atomic E-state index is 10.7. The highest BCUT2D eigenvalue weighted by molar-refractivity contribution is 8.13. The first-order chi connectivity index (χ1) is 7.91. The molecule has 1 rings (SSSR count).